The number of anilines is 2. The summed E-state index contributed by atoms with van der Waals surface area (Å²) in [4.78, 5) is 12.9. The van der Waals surface area contributed by atoms with E-state index in [2.05, 4.69) is 6.07 Å². The first-order chi connectivity index (χ1) is 13.5. The average Bonchev–Trinajstić information content (AvgIpc) is 2.69. The lowest BCUT2D eigenvalue weighted by molar-refractivity contribution is 0.103. The Morgan fingerprint density at radius 2 is 1.75 bits per heavy atom. The Morgan fingerprint density at radius 1 is 0.929 bits per heavy atom. The number of ketones is 1. The SMILES string of the molecule is Nc1ccc(Cl)cc1C(=O)c1ccc(C2CCCc3c(N)cccc32)cc1Cl. The quantitative estimate of drug-likeness (QED) is 0.419. The molecule has 0 aromatic heterocycles. The molecule has 0 saturated carbocycles. The van der Waals surface area contributed by atoms with Gasteiger partial charge in [0.2, 0.25) is 0 Å². The van der Waals surface area contributed by atoms with E-state index < -0.39 is 0 Å². The molecule has 0 fully saturated rings. The van der Waals surface area contributed by atoms with E-state index in [1.165, 1.54) is 11.1 Å². The second kappa shape index (κ2) is 7.50. The van der Waals surface area contributed by atoms with E-state index in [1.807, 2.05) is 24.3 Å². The summed E-state index contributed by atoms with van der Waals surface area (Å²) >= 11 is 12.5. The van der Waals surface area contributed by atoms with Gasteiger partial charge in [0.15, 0.2) is 5.78 Å². The number of nitrogens with two attached hydrogens (primary N) is 2. The number of halogens is 2. The molecule has 3 nitrogen and oxygen atoms in total. The molecule has 1 unspecified atom stereocenters. The molecule has 4 N–H and O–H groups in total. The fourth-order valence-electron chi connectivity index (χ4n) is 4.03. The van der Waals surface area contributed by atoms with Crippen LogP contribution in [0.3, 0.4) is 0 Å². The fourth-order valence-corrected chi connectivity index (χ4v) is 4.47. The van der Waals surface area contributed by atoms with E-state index in [0.29, 0.717) is 26.9 Å². The lowest BCUT2D eigenvalue weighted by Gasteiger charge is -2.27. The van der Waals surface area contributed by atoms with Gasteiger partial charge in [-0.3, -0.25) is 4.79 Å². The highest BCUT2D eigenvalue weighted by molar-refractivity contribution is 6.36. The Hall–Kier alpha value is -2.49. The van der Waals surface area contributed by atoms with Gasteiger partial charge >= 0.3 is 0 Å². The van der Waals surface area contributed by atoms with Crippen LogP contribution in [-0.4, -0.2) is 5.78 Å². The molecule has 3 aromatic rings. The third-order valence-electron chi connectivity index (χ3n) is 5.44. The standard InChI is InChI=1S/C23H20Cl2N2O/c24-14-8-10-22(27)19(12-14)23(28)18-9-7-13(11-20(18)25)15-3-1-5-17-16(15)4-2-6-21(17)26/h2,4,6-12,15H,1,3,5,26-27H2. The topological polar surface area (TPSA) is 69.1 Å². The van der Waals surface area contributed by atoms with Crippen molar-refractivity contribution in [3.63, 3.8) is 0 Å². The molecule has 0 spiro atoms. The van der Waals surface area contributed by atoms with Gasteiger partial charge in [-0.25, -0.2) is 0 Å². The van der Waals surface area contributed by atoms with Crippen molar-refractivity contribution in [2.45, 2.75) is 25.2 Å². The van der Waals surface area contributed by atoms with Gasteiger partial charge in [-0.1, -0.05) is 41.4 Å². The zero-order valence-electron chi connectivity index (χ0n) is 15.2. The predicted octanol–water partition coefficient (Wildman–Crippen LogP) is 5.86. The van der Waals surface area contributed by atoms with Crippen molar-refractivity contribution in [2.24, 2.45) is 0 Å². The average molecular weight is 411 g/mol. The Kier molecular flexibility index (Phi) is 5.05. The van der Waals surface area contributed by atoms with Crippen LogP contribution in [0.2, 0.25) is 10.0 Å². The van der Waals surface area contributed by atoms with Gasteiger partial charge in [-0.15, -0.1) is 0 Å². The van der Waals surface area contributed by atoms with Gasteiger partial charge < -0.3 is 11.5 Å². The van der Waals surface area contributed by atoms with Crippen molar-refractivity contribution in [3.05, 3.63) is 92.5 Å². The molecular weight excluding hydrogens is 391 g/mol. The number of carbonyl (C=O) groups is 1. The number of carbonyl (C=O) groups excluding carboxylic acids is 1. The van der Waals surface area contributed by atoms with E-state index >= 15 is 0 Å². The van der Waals surface area contributed by atoms with Crippen LogP contribution in [0.15, 0.2) is 54.6 Å². The van der Waals surface area contributed by atoms with Crippen LogP contribution in [-0.2, 0) is 6.42 Å². The molecule has 0 saturated heterocycles. The Balaban J connectivity index is 1.71. The molecule has 0 aliphatic heterocycles. The molecule has 0 bridgehead atoms. The first kappa shape index (κ1) is 18.9. The minimum absolute atomic E-state index is 0.227. The van der Waals surface area contributed by atoms with Crippen LogP contribution in [0.4, 0.5) is 11.4 Å². The van der Waals surface area contributed by atoms with Crippen LogP contribution in [0.25, 0.3) is 0 Å². The third kappa shape index (κ3) is 3.36. The van der Waals surface area contributed by atoms with Crippen LogP contribution in [0, 0.1) is 0 Å². The Bertz CT molecular complexity index is 1080. The summed E-state index contributed by atoms with van der Waals surface area (Å²) < 4.78 is 0. The van der Waals surface area contributed by atoms with Gasteiger partial charge in [-0.05, 0) is 72.4 Å². The van der Waals surface area contributed by atoms with Crippen LogP contribution < -0.4 is 11.5 Å². The number of rotatable bonds is 3. The molecule has 1 aliphatic rings. The molecule has 1 atom stereocenters. The molecule has 0 radical (unpaired) electrons. The molecule has 1 aliphatic carbocycles. The maximum atomic E-state index is 12.9. The summed E-state index contributed by atoms with van der Waals surface area (Å²) in [6, 6.07) is 16.6. The molecule has 0 heterocycles. The minimum atomic E-state index is -0.232. The molecular formula is C23H20Cl2N2O. The Labute approximate surface area is 174 Å². The monoisotopic (exact) mass is 410 g/mol. The smallest absolute Gasteiger partial charge is 0.196 e. The first-order valence-electron chi connectivity index (χ1n) is 9.22. The zero-order valence-corrected chi connectivity index (χ0v) is 16.7. The van der Waals surface area contributed by atoms with Crippen molar-refractivity contribution in [3.8, 4) is 0 Å². The van der Waals surface area contributed by atoms with Crippen LogP contribution in [0.1, 0.15) is 51.4 Å². The molecule has 4 rings (SSSR count). The second-order valence-corrected chi connectivity index (χ2v) is 8.00. The summed E-state index contributed by atoms with van der Waals surface area (Å²) in [6.45, 7) is 0. The highest BCUT2D eigenvalue weighted by Gasteiger charge is 2.24. The van der Waals surface area contributed by atoms with E-state index in [9.17, 15) is 4.79 Å². The molecule has 5 heteroatoms. The summed E-state index contributed by atoms with van der Waals surface area (Å²) in [7, 11) is 0. The van der Waals surface area contributed by atoms with Gasteiger partial charge in [0.25, 0.3) is 0 Å². The number of benzene rings is 3. The fraction of sp³-hybridized carbons (Fsp3) is 0.174. The van der Waals surface area contributed by atoms with Crippen molar-refractivity contribution >= 4 is 40.4 Å². The van der Waals surface area contributed by atoms with Crippen LogP contribution in [0.5, 0.6) is 0 Å². The summed E-state index contributed by atoms with van der Waals surface area (Å²) in [5.41, 5.74) is 17.7. The number of hydrogen-bond donors (Lipinski definition) is 2. The van der Waals surface area contributed by atoms with Gasteiger partial charge in [-0.2, -0.15) is 0 Å². The van der Waals surface area contributed by atoms with E-state index in [1.54, 1.807) is 24.3 Å². The van der Waals surface area contributed by atoms with E-state index in [4.69, 9.17) is 34.7 Å². The van der Waals surface area contributed by atoms with Crippen molar-refractivity contribution in [1.82, 2.24) is 0 Å². The summed E-state index contributed by atoms with van der Waals surface area (Å²) in [5, 5.41) is 0.875. The minimum Gasteiger partial charge on any atom is -0.398 e. The number of hydrogen-bond acceptors (Lipinski definition) is 3. The summed E-state index contributed by atoms with van der Waals surface area (Å²) in [6.07, 6.45) is 3.10. The number of fused-ring (bicyclic) bond motifs is 1. The largest absolute Gasteiger partial charge is 0.398 e. The van der Waals surface area contributed by atoms with E-state index in [0.717, 1.165) is 30.5 Å². The first-order valence-corrected chi connectivity index (χ1v) is 9.97. The maximum Gasteiger partial charge on any atom is 0.196 e. The van der Waals surface area contributed by atoms with Crippen molar-refractivity contribution in [2.75, 3.05) is 11.5 Å². The molecule has 3 aromatic carbocycles. The summed E-state index contributed by atoms with van der Waals surface area (Å²) in [5.74, 6) is -0.00465. The maximum absolute atomic E-state index is 12.9. The third-order valence-corrected chi connectivity index (χ3v) is 5.99. The second-order valence-electron chi connectivity index (χ2n) is 7.16. The highest BCUT2D eigenvalue weighted by atomic mass is 35.5. The van der Waals surface area contributed by atoms with Gasteiger partial charge in [0.1, 0.15) is 0 Å². The van der Waals surface area contributed by atoms with Crippen molar-refractivity contribution in [1.29, 1.82) is 0 Å². The normalized spacial score (nSPS) is 15.9. The predicted molar refractivity (Wildman–Crippen MR) is 116 cm³/mol. The molecule has 28 heavy (non-hydrogen) atoms. The Morgan fingerprint density at radius 3 is 2.54 bits per heavy atom. The molecule has 142 valence electrons. The number of nitrogen functional groups attached to an aromatic ring is 2. The zero-order chi connectivity index (χ0) is 19.8. The lowest BCUT2D eigenvalue weighted by atomic mass is 9.78. The highest BCUT2D eigenvalue weighted by Crippen LogP contribution is 2.40. The van der Waals surface area contributed by atoms with Gasteiger partial charge in [0, 0.05) is 33.4 Å². The van der Waals surface area contributed by atoms with E-state index in [-0.39, 0.29) is 11.7 Å². The lowest BCUT2D eigenvalue weighted by Crippen LogP contribution is -2.13. The van der Waals surface area contributed by atoms with Crippen molar-refractivity contribution < 1.29 is 4.79 Å². The molecule has 0 amide bonds. The van der Waals surface area contributed by atoms with Gasteiger partial charge in [0.05, 0.1) is 5.02 Å². The van der Waals surface area contributed by atoms with Crippen LogP contribution >= 0.6 is 23.2 Å².